The normalized spacial score (nSPS) is 20.8. The molecule has 26 heavy (non-hydrogen) atoms. The van der Waals surface area contributed by atoms with Crippen LogP contribution >= 0.6 is 0 Å². The highest BCUT2D eigenvalue weighted by Gasteiger charge is 2.56. The molecule has 1 fully saturated rings. The van der Waals surface area contributed by atoms with Crippen LogP contribution < -0.4 is 10.6 Å². The summed E-state index contributed by atoms with van der Waals surface area (Å²) in [7, 11) is 0. The molecule has 0 spiro atoms. The number of hydrogen-bond acceptors (Lipinski definition) is 4. The van der Waals surface area contributed by atoms with Crippen LogP contribution in [-0.4, -0.2) is 29.5 Å². The number of carbonyl (C=O) groups is 3. The zero-order valence-electron chi connectivity index (χ0n) is 14.0. The first kappa shape index (κ1) is 16.3. The molecular weight excluding hydrogens is 336 g/mol. The number of carbonyl (C=O) groups excluding carboxylic acids is 2. The van der Waals surface area contributed by atoms with Crippen molar-refractivity contribution in [2.45, 2.75) is 19.1 Å². The van der Waals surface area contributed by atoms with Crippen molar-refractivity contribution in [3.63, 3.8) is 0 Å². The van der Waals surface area contributed by atoms with Gasteiger partial charge < -0.3 is 20.5 Å². The Bertz CT molecular complexity index is 978. The Morgan fingerprint density at radius 1 is 1.23 bits per heavy atom. The van der Waals surface area contributed by atoms with Crippen molar-refractivity contribution < 1.29 is 24.2 Å². The number of primary amides is 1. The number of amides is 2. The van der Waals surface area contributed by atoms with Crippen molar-refractivity contribution in [3.8, 4) is 0 Å². The molecule has 1 saturated heterocycles. The molecule has 2 heterocycles. The first-order valence-electron chi connectivity index (χ1n) is 8.08. The van der Waals surface area contributed by atoms with Crippen molar-refractivity contribution in [2.24, 2.45) is 5.73 Å². The molecule has 0 saturated carbocycles. The fourth-order valence-electron chi connectivity index (χ4n) is 3.56. The van der Waals surface area contributed by atoms with Crippen LogP contribution in [0.5, 0.6) is 0 Å². The Labute approximate surface area is 149 Å². The number of ether oxygens (including phenoxy) is 1. The zero-order chi connectivity index (χ0) is 18.6. The van der Waals surface area contributed by atoms with E-state index in [9.17, 15) is 19.5 Å². The second-order valence-corrected chi connectivity index (χ2v) is 6.47. The Balaban J connectivity index is 1.83. The molecule has 2 aliphatic rings. The van der Waals surface area contributed by atoms with Gasteiger partial charge in [0, 0.05) is 16.8 Å². The van der Waals surface area contributed by atoms with E-state index in [1.54, 1.807) is 30.0 Å². The monoisotopic (exact) mass is 352 g/mol. The zero-order valence-corrected chi connectivity index (χ0v) is 14.0. The number of nitrogens with two attached hydrogens (primary N) is 1. The lowest BCUT2D eigenvalue weighted by molar-refractivity contribution is -0.143. The van der Waals surface area contributed by atoms with E-state index in [0.717, 1.165) is 5.56 Å². The molecule has 2 aromatic rings. The molecule has 3 N–H and O–H groups in total. The van der Waals surface area contributed by atoms with Crippen LogP contribution in [-0.2, 0) is 21.7 Å². The summed E-state index contributed by atoms with van der Waals surface area (Å²) in [6.07, 6.45) is 0. The fourth-order valence-corrected chi connectivity index (χ4v) is 3.56. The maximum Gasteiger partial charge on any atom is 0.343 e. The molecule has 7 heteroatoms. The molecule has 0 aromatic heterocycles. The number of anilines is 1. The molecule has 132 valence electrons. The highest BCUT2D eigenvalue weighted by molar-refractivity contribution is 6.11. The van der Waals surface area contributed by atoms with Crippen LogP contribution in [0.4, 0.5) is 5.69 Å². The summed E-state index contributed by atoms with van der Waals surface area (Å²) in [5.41, 5.74) is 6.82. The smallest absolute Gasteiger partial charge is 0.343 e. The van der Waals surface area contributed by atoms with Crippen LogP contribution in [0.1, 0.15) is 37.4 Å². The number of epoxide rings is 1. The van der Waals surface area contributed by atoms with Crippen molar-refractivity contribution in [1.29, 1.82) is 0 Å². The summed E-state index contributed by atoms with van der Waals surface area (Å²) in [4.78, 5) is 37.9. The molecule has 2 aliphatic heterocycles. The molecule has 7 nitrogen and oxygen atoms in total. The third kappa shape index (κ3) is 2.14. The summed E-state index contributed by atoms with van der Waals surface area (Å²) in [6, 6.07) is 10.5. The van der Waals surface area contributed by atoms with Gasteiger partial charge in [-0.25, -0.2) is 4.79 Å². The minimum absolute atomic E-state index is 0.0184. The van der Waals surface area contributed by atoms with E-state index < -0.39 is 17.5 Å². The largest absolute Gasteiger partial charge is 0.479 e. The standard InChI is InChI=1S/C19H16N2O5/c1-10-14(21-8-11-4-2-3-5-12(11)17(21)23)7-6-13(15(10)16(20)22)19(9-26-19)18(24)25/h2-7H,8-9H2,1H3,(H2,20,22)(H,24,25). The van der Waals surface area contributed by atoms with E-state index >= 15 is 0 Å². The summed E-state index contributed by atoms with van der Waals surface area (Å²) in [6.45, 7) is 2.02. The molecule has 0 aliphatic carbocycles. The van der Waals surface area contributed by atoms with Gasteiger partial charge in [0.2, 0.25) is 11.5 Å². The second kappa shape index (κ2) is 5.40. The molecule has 2 aromatic carbocycles. The highest BCUT2D eigenvalue weighted by Crippen LogP contribution is 2.43. The topological polar surface area (TPSA) is 113 Å². The van der Waals surface area contributed by atoms with Crippen molar-refractivity contribution in [1.82, 2.24) is 0 Å². The van der Waals surface area contributed by atoms with Gasteiger partial charge in [0.25, 0.3) is 5.91 Å². The molecule has 4 rings (SSSR count). The minimum atomic E-state index is -1.54. The van der Waals surface area contributed by atoms with Gasteiger partial charge in [0.15, 0.2) is 0 Å². The predicted molar refractivity (Wildman–Crippen MR) is 91.9 cm³/mol. The average Bonchev–Trinajstić information content (AvgIpc) is 3.35. The van der Waals surface area contributed by atoms with Gasteiger partial charge >= 0.3 is 5.97 Å². The third-order valence-electron chi connectivity index (χ3n) is 5.01. The van der Waals surface area contributed by atoms with E-state index in [4.69, 9.17) is 10.5 Å². The predicted octanol–water partition coefficient (Wildman–Crippen LogP) is 1.56. The summed E-state index contributed by atoms with van der Waals surface area (Å²) in [5, 5.41) is 9.45. The number of nitrogens with zero attached hydrogens (tertiary/aromatic N) is 1. The molecular formula is C19H16N2O5. The van der Waals surface area contributed by atoms with E-state index in [0.29, 0.717) is 23.4 Å². The SMILES string of the molecule is Cc1c(N2Cc3ccccc3C2=O)ccc(C2(C(=O)O)CO2)c1C(N)=O. The van der Waals surface area contributed by atoms with Crippen molar-refractivity contribution in [2.75, 3.05) is 11.5 Å². The van der Waals surface area contributed by atoms with Gasteiger partial charge in [0.1, 0.15) is 0 Å². The number of hydrogen-bond donors (Lipinski definition) is 2. The fraction of sp³-hybridized carbons (Fsp3) is 0.211. The number of carboxylic acids is 1. The van der Waals surface area contributed by atoms with Gasteiger partial charge in [-0.15, -0.1) is 0 Å². The first-order chi connectivity index (χ1) is 12.4. The van der Waals surface area contributed by atoms with Gasteiger partial charge in [-0.3, -0.25) is 9.59 Å². The number of benzene rings is 2. The molecule has 0 bridgehead atoms. The van der Waals surface area contributed by atoms with Gasteiger partial charge in [-0.1, -0.05) is 24.3 Å². The van der Waals surface area contributed by atoms with Crippen LogP contribution in [0.2, 0.25) is 0 Å². The summed E-state index contributed by atoms with van der Waals surface area (Å²) in [5.74, 6) is -2.08. The van der Waals surface area contributed by atoms with Crippen LogP contribution in [0, 0.1) is 6.92 Å². The maximum atomic E-state index is 12.7. The van der Waals surface area contributed by atoms with Crippen molar-refractivity contribution >= 4 is 23.5 Å². The van der Waals surface area contributed by atoms with Crippen LogP contribution in [0.15, 0.2) is 36.4 Å². The molecule has 0 radical (unpaired) electrons. The lowest BCUT2D eigenvalue weighted by Gasteiger charge is -2.22. The van der Waals surface area contributed by atoms with E-state index in [-0.39, 0.29) is 23.6 Å². The Hall–Kier alpha value is -3.19. The highest BCUT2D eigenvalue weighted by atomic mass is 16.6. The second-order valence-electron chi connectivity index (χ2n) is 6.47. The Morgan fingerprint density at radius 3 is 2.50 bits per heavy atom. The molecule has 1 atom stereocenters. The van der Waals surface area contributed by atoms with Gasteiger partial charge in [-0.05, 0) is 30.2 Å². The third-order valence-corrected chi connectivity index (χ3v) is 5.01. The summed E-state index contributed by atoms with van der Waals surface area (Å²) >= 11 is 0. The molecule has 2 amide bonds. The maximum absolute atomic E-state index is 12.7. The number of aliphatic carboxylic acids is 1. The number of rotatable bonds is 4. The minimum Gasteiger partial charge on any atom is -0.479 e. The lowest BCUT2D eigenvalue weighted by atomic mass is 9.90. The van der Waals surface area contributed by atoms with E-state index in [1.165, 1.54) is 6.07 Å². The van der Waals surface area contributed by atoms with E-state index in [2.05, 4.69) is 0 Å². The van der Waals surface area contributed by atoms with Crippen molar-refractivity contribution in [3.05, 3.63) is 64.2 Å². The first-order valence-corrected chi connectivity index (χ1v) is 8.08. The average molecular weight is 352 g/mol. The van der Waals surface area contributed by atoms with Crippen LogP contribution in [0.3, 0.4) is 0 Å². The van der Waals surface area contributed by atoms with Crippen LogP contribution in [0.25, 0.3) is 0 Å². The molecule has 1 unspecified atom stereocenters. The quantitative estimate of drug-likeness (QED) is 0.811. The van der Waals surface area contributed by atoms with Gasteiger partial charge in [0.05, 0.1) is 18.7 Å². The summed E-state index contributed by atoms with van der Waals surface area (Å²) < 4.78 is 5.14. The van der Waals surface area contributed by atoms with E-state index in [1.807, 2.05) is 12.1 Å². The van der Waals surface area contributed by atoms with Gasteiger partial charge in [-0.2, -0.15) is 0 Å². The lowest BCUT2D eigenvalue weighted by Crippen LogP contribution is -2.29. The number of carboxylic acid groups (broad SMARTS) is 1. The number of fused-ring (bicyclic) bond motifs is 1. The Kier molecular flexibility index (Phi) is 3.38. The Morgan fingerprint density at radius 2 is 1.92 bits per heavy atom.